The molecule has 0 bridgehead atoms. The normalized spacial score (nSPS) is 27.0. The van der Waals surface area contributed by atoms with E-state index in [0.29, 0.717) is 6.04 Å². The van der Waals surface area contributed by atoms with Crippen LogP contribution in [0.1, 0.15) is 69.5 Å². The van der Waals surface area contributed by atoms with Crippen LogP contribution in [0.25, 0.3) is 0 Å². The molecule has 0 aliphatic heterocycles. The van der Waals surface area contributed by atoms with Crippen LogP contribution in [-0.2, 0) is 0 Å². The highest BCUT2D eigenvalue weighted by Gasteiger charge is 2.23. The molecule has 0 radical (unpaired) electrons. The molecule has 1 aromatic rings. The predicted octanol–water partition coefficient (Wildman–Crippen LogP) is 4.11. The third-order valence-electron chi connectivity index (χ3n) is 3.91. The lowest BCUT2D eigenvalue weighted by Crippen LogP contribution is -2.19. The van der Waals surface area contributed by atoms with Gasteiger partial charge in [-0.05, 0) is 25.2 Å². The molecule has 17 heavy (non-hydrogen) atoms. The van der Waals surface area contributed by atoms with Gasteiger partial charge in [0.25, 0.3) is 0 Å². The number of hydrogen-bond donors (Lipinski definition) is 0. The van der Waals surface area contributed by atoms with E-state index in [0.717, 1.165) is 18.0 Å². The Morgan fingerprint density at radius 1 is 1.47 bits per heavy atom. The second-order valence-corrected chi connectivity index (χ2v) is 5.62. The van der Waals surface area contributed by atoms with Gasteiger partial charge in [0.05, 0.1) is 17.6 Å². The van der Waals surface area contributed by atoms with Gasteiger partial charge in [0, 0.05) is 0 Å². The highest BCUT2D eigenvalue weighted by Crippen LogP contribution is 2.34. The summed E-state index contributed by atoms with van der Waals surface area (Å²) in [7, 11) is 0. The summed E-state index contributed by atoms with van der Waals surface area (Å²) >= 11 is 6.18. The molecule has 0 aromatic carbocycles. The molecule has 1 aliphatic carbocycles. The molecule has 3 nitrogen and oxygen atoms in total. The van der Waals surface area contributed by atoms with Crippen molar-refractivity contribution in [2.24, 2.45) is 5.92 Å². The number of aromatic nitrogens is 3. The molecule has 0 N–H and O–H groups in total. The minimum absolute atomic E-state index is 0.00862. The summed E-state index contributed by atoms with van der Waals surface area (Å²) in [6.45, 7) is 4.36. The van der Waals surface area contributed by atoms with Crippen LogP contribution >= 0.6 is 11.6 Å². The minimum Gasteiger partial charge on any atom is -0.249 e. The van der Waals surface area contributed by atoms with Gasteiger partial charge in [-0.2, -0.15) is 0 Å². The van der Waals surface area contributed by atoms with Gasteiger partial charge in [0.15, 0.2) is 0 Å². The van der Waals surface area contributed by atoms with E-state index >= 15 is 0 Å². The molecule has 2 rings (SSSR count). The first kappa shape index (κ1) is 12.9. The van der Waals surface area contributed by atoms with E-state index in [4.69, 9.17) is 11.6 Å². The van der Waals surface area contributed by atoms with Crippen LogP contribution < -0.4 is 0 Å². The largest absolute Gasteiger partial charge is 0.249 e. The molecule has 1 heterocycles. The van der Waals surface area contributed by atoms with Crippen molar-refractivity contribution in [3.63, 3.8) is 0 Å². The highest BCUT2D eigenvalue weighted by atomic mass is 35.5. The van der Waals surface area contributed by atoms with Crippen LogP contribution in [0.15, 0.2) is 6.20 Å². The number of nitrogens with zero attached hydrogens (tertiary/aromatic N) is 3. The quantitative estimate of drug-likeness (QED) is 0.758. The lowest BCUT2D eigenvalue weighted by atomic mass is 9.84. The Morgan fingerprint density at radius 2 is 2.29 bits per heavy atom. The van der Waals surface area contributed by atoms with Gasteiger partial charge in [-0.15, -0.1) is 16.7 Å². The summed E-state index contributed by atoms with van der Waals surface area (Å²) in [4.78, 5) is 0. The average molecular weight is 256 g/mol. The van der Waals surface area contributed by atoms with Crippen LogP contribution in [0.5, 0.6) is 0 Å². The van der Waals surface area contributed by atoms with Gasteiger partial charge in [0.2, 0.25) is 0 Å². The Hall–Kier alpha value is -0.570. The van der Waals surface area contributed by atoms with E-state index in [9.17, 15) is 0 Å². The highest BCUT2D eigenvalue weighted by molar-refractivity contribution is 6.20. The Bertz CT molecular complexity index is 350. The van der Waals surface area contributed by atoms with Gasteiger partial charge in [0.1, 0.15) is 5.69 Å². The third kappa shape index (κ3) is 3.01. The monoisotopic (exact) mass is 255 g/mol. The number of alkyl halides is 1. The van der Waals surface area contributed by atoms with E-state index in [2.05, 4.69) is 24.2 Å². The fourth-order valence-corrected chi connectivity index (χ4v) is 2.80. The van der Waals surface area contributed by atoms with E-state index in [1.165, 1.54) is 32.1 Å². The topological polar surface area (TPSA) is 30.7 Å². The molecule has 1 aliphatic rings. The van der Waals surface area contributed by atoms with Crippen LogP contribution in [0.4, 0.5) is 0 Å². The van der Waals surface area contributed by atoms with E-state index in [-0.39, 0.29) is 5.38 Å². The summed E-state index contributed by atoms with van der Waals surface area (Å²) in [6.07, 6.45) is 9.41. The zero-order chi connectivity index (χ0) is 12.3. The molecular formula is C13H22ClN3. The maximum Gasteiger partial charge on any atom is 0.101 e. The van der Waals surface area contributed by atoms with Crippen molar-refractivity contribution in [2.75, 3.05) is 0 Å². The summed E-state index contributed by atoms with van der Waals surface area (Å²) in [5.41, 5.74) is 0.924. The van der Waals surface area contributed by atoms with Gasteiger partial charge < -0.3 is 0 Å². The van der Waals surface area contributed by atoms with Crippen molar-refractivity contribution in [1.29, 1.82) is 0 Å². The molecule has 96 valence electrons. The first-order valence-corrected chi connectivity index (χ1v) is 7.24. The van der Waals surface area contributed by atoms with Crippen molar-refractivity contribution >= 4 is 11.6 Å². The number of hydrogen-bond acceptors (Lipinski definition) is 2. The van der Waals surface area contributed by atoms with Crippen LogP contribution in [0, 0.1) is 5.92 Å². The second-order valence-electron chi connectivity index (χ2n) is 5.09. The summed E-state index contributed by atoms with van der Waals surface area (Å²) < 4.78 is 2.04. The number of rotatable bonds is 4. The van der Waals surface area contributed by atoms with Gasteiger partial charge in [-0.1, -0.05) is 38.3 Å². The molecule has 3 unspecified atom stereocenters. The molecule has 0 saturated heterocycles. The van der Waals surface area contributed by atoms with Gasteiger partial charge in [-0.25, -0.2) is 4.68 Å². The summed E-state index contributed by atoms with van der Waals surface area (Å²) in [6, 6.07) is 0.538. The first-order chi connectivity index (χ1) is 8.24. The molecule has 4 heteroatoms. The molecule has 1 aromatic heterocycles. The van der Waals surface area contributed by atoms with Gasteiger partial charge in [-0.3, -0.25) is 0 Å². The average Bonchev–Trinajstić information content (AvgIpc) is 2.87. The predicted molar refractivity (Wildman–Crippen MR) is 70.2 cm³/mol. The summed E-state index contributed by atoms with van der Waals surface area (Å²) in [5, 5.41) is 8.46. The number of halogens is 1. The summed E-state index contributed by atoms with van der Waals surface area (Å²) in [5.74, 6) is 0.861. The standard InChI is InChI=1S/C13H22ClN3/c1-3-10-6-5-7-11(8-10)17-9-13(15-16-17)12(14)4-2/h9-12H,3-8H2,1-2H3. The Balaban J connectivity index is 2.04. The van der Waals surface area contributed by atoms with E-state index < -0.39 is 0 Å². The fourth-order valence-electron chi connectivity index (χ4n) is 2.70. The smallest absolute Gasteiger partial charge is 0.101 e. The Kier molecular flexibility index (Phi) is 4.43. The van der Waals surface area contributed by atoms with Crippen molar-refractivity contribution in [3.8, 4) is 0 Å². The minimum atomic E-state index is 0.00862. The Labute approximate surface area is 109 Å². The second kappa shape index (κ2) is 5.85. The van der Waals surface area contributed by atoms with E-state index in [1.807, 2.05) is 10.9 Å². The molecule has 0 spiro atoms. The molecular weight excluding hydrogens is 234 g/mol. The molecule has 0 amide bonds. The SMILES string of the molecule is CCC1CCCC(n2cc(C(Cl)CC)nn2)C1. The lowest BCUT2D eigenvalue weighted by molar-refractivity contribution is 0.245. The zero-order valence-electron chi connectivity index (χ0n) is 10.8. The zero-order valence-corrected chi connectivity index (χ0v) is 11.5. The van der Waals surface area contributed by atoms with Crippen LogP contribution in [0.3, 0.4) is 0 Å². The maximum absolute atomic E-state index is 6.18. The first-order valence-electron chi connectivity index (χ1n) is 6.80. The van der Waals surface area contributed by atoms with Crippen molar-refractivity contribution in [3.05, 3.63) is 11.9 Å². The molecule has 1 saturated carbocycles. The maximum atomic E-state index is 6.18. The lowest BCUT2D eigenvalue weighted by Gasteiger charge is -2.28. The molecule has 1 fully saturated rings. The molecule has 3 atom stereocenters. The van der Waals surface area contributed by atoms with Crippen molar-refractivity contribution < 1.29 is 0 Å². The van der Waals surface area contributed by atoms with Crippen LogP contribution in [-0.4, -0.2) is 15.0 Å². The van der Waals surface area contributed by atoms with Crippen molar-refractivity contribution in [1.82, 2.24) is 15.0 Å². The van der Waals surface area contributed by atoms with E-state index in [1.54, 1.807) is 0 Å². The van der Waals surface area contributed by atoms with Crippen LogP contribution in [0.2, 0.25) is 0 Å². The van der Waals surface area contributed by atoms with Crippen molar-refractivity contribution in [2.45, 2.75) is 63.8 Å². The van der Waals surface area contributed by atoms with Gasteiger partial charge >= 0.3 is 0 Å². The Morgan fingerprint density at radius 3 is 3.00 bits per heavy atom. The third-order valence-corrected chi connectivity index (χ3v) is 4.45. The fraction of sp³-hybridized carbons (Fsp3) is 0.846.